The number of rotatable bonds is 6. The van der Waals surface area contributed by atoms with Crippen LogP contribution in [-0.2, 0) is 6.54 Å². The van der Waals surface area contributed by atoms with Gasteiger partial charge in [-0.15, -0.1) is 0 Å². The number of furan rings is 1. The van der Waals surface area contributed by atoms with E-state index in [0.29, 0.717) is 12.2 Å². The molecule has 6 heteroatoms. The molecule has 0 aliphatic carbocycles. The van der Waals surface area contributed by atoms with Gasteiger partial charge in [0.05, 0.1) is 12.3 Å². The van der Waals surface area contributed by atoms with Crippen molar-refractivity contribution in [2.75, 3.05) is 12.4 Å². The average molecular weight is 377 g/mol. The molecule has 0 bridgehead atoms. The summed E-state index contributed by atoms with van der Waals surface area (Å²) in [6, 6.07) is 20.3. The van der Waals surface area contributed by atoms with E-state index in [0.717, 1.165) is 11.1 Å². The molecule has 1 heterocycles. The molecule has 0 fully saturated rings. The maximum Gasteiger partial charge on any atom is 0.317 e. The summed E-state index contributed by atoms with van der Waals surface area (Å²) in [7, 11) is 1.78. The monoisotopic (exact) mass is 377 g/mol. The van der Waals surface area contributed by atoms with Gasteiger partial charge in [0.15, 0.2) is 5.76 Å². The van der Waals surface area contributed by atoms with E-state index in [-0.39, 0.29) is 23.7 Å². The van der Waals surface area contributed by atoms with Crippen LogP contribution in [0.5, 0.6) is 0 Å². The number of urea groups is 1. The Labute approximate surface area is 164 Å². The van der Waals surface area contributed by atoms with Crippen molar-refractivity contribution in [3.8, 4) is 0 Å². The standard InChI is InChI=1S/C22H23N3O3/c1-16(18-7-4-3-5-8-18)25(2)22(27)23-15-17-10-12-19(13-11-17)24-21(26)20-9-6-14-28-20/h3-14,16H,15H2,1-2H3,(H,23,27)(H,24,26)/t16-/m1/s1. The van der Waals surface area contributed by atoms with Crippen LogP contribution in [0.3, 0.4) is 0 Å². The van der Waals surface area contributed by atoms with Crippen molar-refractivity contribution in [2.45, 2.75) is 19.5 Å². The van der Waals surface area contributed by atoms with E-state index >= 15 is 0 Å². The predicted octanol–water partition coefficient (Wildman–Crippen LogP) is 4.43. The molecule has 144 valence electrons. The van der Waals surface area contributed by atoms with E-state index in [1.807, 2.05) is 49.4 Å². The van der Waals surface area contributed by atoms with Gasteiger partial charge in [0.2, 0.25) is 0 Å². The fourth-order valence-electron chi connectivity index (χ4n) is 2.74. The maximum atomic E-state index is 12.4. The van der Waals surface area contributed by atoms with Crippen LogP contribution in [0.1, 0.15) is 34.6 Å². The lowest BCUT2D eigenvalue weighted by Gasteiger charge is -2.25. The lowest BCUT2D eigenvalue weighted by Crippen LogP contribution is -2.38. The molecule has 0 radical (unpaired) electrons. The zero-order chi connectivity index (χ0) is 19.9. The van der Waals surface area contributed by atoms with Gasteiger partial charge >= 0.3 is 6.03 Å². The van der Waals surface area contributed by atoms with Crippen LogP contribution in [0.2, 0.25) is 0 Å². The zero-order valence-corrected chi connectivity index (χ0v) is 15.9. The SMILES string of the molecule is C[C@H](c1ccccc1)N(C)C(=O)NCc1ccc(NC(=O)c2ccco2)cc1. The van der Waals surface area contributed by atoms with Crippen LogP contribution < -0.4 is 10.6 Å². The zero-order valence-electron chi connectivity index (χ0n) is 15.9. The molecule has 3 aromatic rings. The third kappa shape index (κ3) is 4.79. The van der Waals surface area contributed by atoms with Crippen LogP contribution in [0.15, 0.2) is 77.4 Å². The van der Waals surface area contributed by atoms with Crippen LogP contribution in [-0.4, -0.2) is 23.9 Å². The van der Waals surface area contributed by atoms with Gasteiger partial charge < -0.3 is 20.0 Å². The van der Waals surface area contributed by atoms with E-state index in [2.05, 4.69) is 10.6 Å². The molecule has 3 rings (SSSR count). The van der Waals surface area contributed by atoms with E-state index in [1.165, 1.54) is 6.26 Å². The first kappa shape index (κ1) is 19.2. The van der Waals surface area contributed by atoms with Crippen molar-refractivity contribution < 1.29 is 14.0 Å². The Morgan fingerprint density at radius 1 is 1.00 bits per heavy atom. The fourth-order valence-corrected chi connectivity index (χ4v) is 2.74. The summed E-state index contributed by atoms with van der Waals surface area (Å²) in [6.07, 6.45) is 1.45. The highest BCUT2D eigenvalue weighted by molar-refractivity contribution is 6.02. The number of benzene rings is 2. The Morgan fingerprint density at radius 3 is 2.36 bits per heavy atom. The number of amides is 3. The Balaban J connectivity index is 1.51. The summed E-state index contributed by atoms with van der Waals surface area (Å²) in [5.74, 6) is -0.0468. The number of carbonyl (C=O) groups excluding carboxylic acids is 2. The highest BCUT2D eigenvalue weighted by Crippen LogP contribution is 2.18. The molecule has 2 N–H and O–H groups in total. The molecule has 6 nitrogen and oxygen atoms in total. The van der Waals surface area contributed by atoms with Gasteiger partial charge in [-0.3, -0.25) is 4.79 Å². The molecule has 1 aromatic heterocycles. The Kier molecular flexibility index (Phi) is 6.11. The van der Waals surface area contributed by atoms with Crippen LogP contribution in [0.4, 0.5) is 10.5 Å². The molecule has 0 unspecified atom stereocenters. The second kappa shape index (κ2) is 8.90. The highest BCUT2D eigenvalue weighted by Gasteiger charge is 2.16. The summed E-state index contributed by atoms with van der Waals surface area (Å²) in [6.45, 7) is 2.39. The van der Waals surface area contributed by atoms with Gasteiger partial charge in [0.25, 0.3) is 5.91 Å². The van der Waals surface area contributed by atoms with Gasteiger partial charge in [-0.1, -0.05) is 42.5 Å². The van der Waals surface area contributed by atoms with Crippen LogP contribution in [0, 0.1) is 0 Å². The lowest BCUT2D eigenvalue weighted by atomic mass is 10.1. The van der Waals surface area contributed by atoms with Crippen molar-refractivity contribution >= 4 is 17.6 Å². The molecule has 1 atom stereocenters. The second-order valence-corrected chi connectivity index (χ2v) is 6.48. The number of anilines is 1. The third-order valence-corrected chi connectivity index (χ3v) is 4.58. The van der Waals surface area contributed by atoms with E-state index in [4.69, 9.17) is 4.42 Å². The predicted molar refractivity (Wildman–Crippen MR) is 108 cm³/mol. The first-order valence-electron chi connectivity index (χ1n) is 9.04. The molecule has 0 spiro atoms. The summed E-state index contributed by atoms with van der Waals surface area (Å²) < 4.78 is 5.07. The van der Waals surface area contributed by atoms with Crippen molar-refractivity contribution in [3.05, 3.63) is 89.9 Å². The van der Waals surface area contributed by atoms with Gasteiger partial charge in [-0.05, 0) is 42.3 Å². The van der Waals surface area contributed by atoms with Gasteiger partial charge in [-0.2, -0.15) is 0 Å². The first-order chi connectivity index (χ1) is 13.5. The van der Waals surface area contributed by atoms with E-state index in [1.54, 1.807) is 36.2 Å². The molecule has 28 heavy (non-hydrogen) atoms. The Morgan fingerprint density at radius 2 is 1.71 bits per heavy atom. The van der Waals surface area contributed by atoms with E-state index in [9.17, 15) is 9.59 Å². The summed E-state index contributed by atoms with van der Waals surface area (Å²) in [5, 5.41) is 5.68. The fraction of sp³-hybridized carbons (Fsp3) is 0.182. The number of hydrogen-bond acceptors (Lipinski definition) is 3. The van der Waals surface area contributed by atoms with Crippen molar-refractivity contribution in [1.29, 1.82) is 0 Å². The van der Waals surface area contributed by atoms with Crippen molar-refractivity contribution in [2.24, 2.45) is 0 Å². The quantitative estimate of drug-likeness (QED) is 0.667. The molecule has 0 aliphatic rings. The smallest absolute Gasteiger partial charge is 0.317 e. The lowest BCUT2D eigenvalue weighted by molar-refractivity contribution is 0.0996. The largest absolute Gasteiger partial charge is 0.459 e. The average Bonchev–Trinajstić information content (AvgIpc) is 3.27. The Bertz CT molecular complexity index is 906. The number of carbonyl (C=O) groups is 2. The second-order valence-electron chi connectivity index (χ2n) is 6.48. The van der Waals surface area contributed by atoms with Gasteiger partial charge in [-0.25, -0.2) is 4.79 Å². The molecular formula is C22H23N3O3. The van der Waals surface area contributed by atoms with Crippen molar-refractivity contribution in [3.63, 3.8) is 0 Å². The van der Waals surface area contributed by atoms with Crippen LogP contribution >= 0.6 is 0 Å². The Hall–Kier alpha value is -3.54. The topological polar surface area (TPSA) is 74.6 Å². The molecular weight excluding hydrogens is 354 g/mol. The number of nitrogens with zero attached hydrogens (tertiary/aromatic N) is 1. The van der Waals surface area contributed by atoms with Gasteiger partial charge in [0.1, 0.15) is 0 Å². The highest BCUT2D eigenvalue weighted by atomic mass is 16.3. The molecule has 3 amide bonds. The summed E-state index contributed by atoms with van der Waals surface area (Å²) >= 11 is 0. The van der Waals surface area contributed by atoms with Crippen molar-refractivity contribution in [1.82, 2.24) is 10.2 Å². The third-order valence-electron chi connectivity index (χ3n) is 4.58. The minimum atomic E-state index is -0.303. The minimum Gasteiger partial charge on any atom is -0.459 e. The summed E-state index contributed by atoms with van der Waals surface area (Å²) in [5.41, 5.74) is 2.67. The molecule has 2 aromatic carbocycles. The number of nitrogens with one attached hydrogen (secondary N) is 2. The molecule has 0 saturated carbocycles. The minimum absolute atomic E-state index is 0.0274. The maximum absolute atomic E-state index is 12.4. The van der Waals surface area contributed by atoms with E-state index < -0.39 is 0 Å². The molecule has 0 aliphatic heterocycles. The summed E-state index contributed by atoms with van der Waals surface area (Å²) in [4.78, 5) is 26.1. The first-order valence-corrected chi connectivity index (χ1v) is 9.04. The normalized spacial score (nSPS) is 11.5. The van der Waals surface area contributed by atoms with Crippen LogP contribution in [0.25, 0.3) is 0 Å². The number of hydrogen-bond donors (Lipinski definition) is 2. The molecule has 0 saturated heterocycles. The van der Waals surface area contributed by atoms with Gasteiger partial charge in [0, 0.05) is 19.3 Å².